The number of hydrogen-bond donors (Lipinski definition) is 1. The van der Waals surface area contributed by atoms with Gasteiger partial charge in [0.1, 0.15) is 6.04 Å². The number of aryl methyl sites for hydroxylation is 1. The van der Waals surface area contributed by atoms with Gasteiger partial charge in [-0.1, -0.05) is 12.1 Å². The van der Waals surface area contributed by atoms with Crippen molar-refractivity contribution in [1.29, 1.82) is 0 Å². The Morgan fingerprint density at radius 2 is 2.04 bits per heavy atom. The Morgan fingerprint density at radius 1 is 1.27 bits per heavy atom. The number of nitrogens with one attached hydrogen (secondary N) is 1. The Morgan fingerprint density at radius 3 is 2.69 bits per heavy atom. The molecule has 0 saturated carbocycles. The maximum atomic E-state index is 12.8. The van der Waals surface area contributed by atoms with Crippen molar-refractivity contribution < 1.29 is 18.0 Å². The Labute approximate surface area is 156 Å². The molecule has 1 unspecified atom stereocenters. The molecule has 26 heavy (non-hydrogen) atoms. The van der Waals surface area contributed by atoms with Crippen LogP contribution in [0.15, 0.2) is 40.6 Å². The molecule has 138 valence electrons. The Kier molecular flexibility index (Phi) is 5.15. The summed E-state index contributed by atoms with van der Waals surface area (Å²) in [5.41, 5.74) is 1.22. The summed E-state index contributed by atoms with van der Waals surface area (Å²) < 4.78 is 23.5. The lowest BCUT2D eigenvalue weighted by molar-refractivity contribution is -0.119. The molecule has 2 aromatic rings. The van der Waals surface area contributed by atoms with E-state index in [-0.39, 0.29) is 16.7 Å². The second-order valence-corrected chi connectivity index (χ2v) is 9.34. The molecule has 3 rings (SSSR count). The molecule has 6 nitrogen and oxygen atoms in total. The summed E-state index contributed by atoms with van der Waals surface area (Å²) >= 11 is 1.35. The molecule has 1 saturated heterocycles. The van der Waals surface area contributed by atoms with Gasteiger partial charge in [0.25, 0.3) is 5.91 Å². The van der Waals surface area contributed by atoms with Crippen LogP contribution in [0.4, 0.5) is 5.69 Å². The zero-order valence-corrected chi connectivity index (χ0v) is 16.2. The first kappa shape index (κ1) is 18.6. The maximum absolute atomic E-state index is 12.8. The zero-order chi connectivity index (χ0) is 18.9. The molecule has 0 radical (unpaired) electrons. The smallest absolute Gasteiger partial charge is 0.264 e. The lowest BCUT2D eigenvalue weighted by Crippen LogP contribution is -2.43. The first-order chi connectivity index (χ1) is 12.3. The van der Waals surface area contributed by atoms with Gasteiger partial charge in [-0.3, -0.25) is 9.59 Å². The van der Waals surface area contributed by atoms with Crippen LogP contribution in [0.1, 0.15) is 28.1 Å². The van der Waals surface area contributed by atoms with Gasteiger partial charge in [-0.15, -0.1) is 11.3 Å². The van der Waals surface area contributed by atoms with E-state index in [4.69, 9.17) is 0 Å². The van der Waals surface area contributed by atoms with Crippen molar-refractivity contribution in [3.05, 3.63) is 46.2 Å². The molecule has 1 atom stereocenters. The molecule has 0 spiro atoms. The van der Waals surface area contributed by atoms with Crippen molar-refractivity contribution in [3.8, 4) is 0 Å². The molecule has 8 heteroatoms. The van der Waals surface area contributed by atoms with Crippen molar-refractivity contribution in [2.75, 3.05) is 18.1 Å². The number of nitrogens with zero attached hydrogens (tertiary/aromatic N) is 1. The molecule has 1 fully saturated rings. The van der Waals surface area contributed by atoms with E-state index in [1.807, 2.05) is 11.4 Å². The average molecular weight is 393 g/mol. The van der Waals surface area contributed by atoms with Gasteiger partial charge in [0.15, 0.2) is 9.84 Å². The summed E-state index contributed by atoms with van der Waals surface area (Å²) in [6.07, 6.45) is 2.48. The molecule has 1 aliphatic heterocycles. The first-order valence-electron chi connectivity index (χ1n) is 8.23. The predicted molar refractivity (Wildman–Crippen MR) is 101 cm³/mol. The SMILES string of the molecule is Cc1ccc(S(C)(=O)=O)cc1NC(=O)C1CCCN1C(=O)c1cccs1. The molecule has 1 aliphatic rings. The Balaban J connectivity index is 1.80. The lowest BCUT2D eigenvalue weighted by Gasteiger charge is -2.24. The summed E-state index contributed by atoms with van der Waals surface area (Å²) in [6.45, 7) is 2.34. The minimum atomic E-state index is -3.37. The molecule has 0 bridgehead atoms. The molecule has 2 heterocycles. The number of hydrogen-bond acceptors (Lipinski definition) is 5. The normalized spacial score (nSPS) is 17.3. The Hall–Kier alpha value is -2.19. The number of benzene rings is 1. The maximum Gasteiger partial charge on any atom is 0.264 e. The number of likely N-dealkylation sites (tertiary alicyclic amines) is 1. The fraction of sp³-hybridized carbons (Fsp3) is 0.333. The van der Waals surface area contributed by atoms with Crippen molar-refractivity contribution in [1.82, 2.24) is 4.90 Å². The van der Waals surface area contributed by atoms with E-state index in [1.165, 1.54) is 23.5 Å². The van der Waals surface area contributed by atoms with Gasteiger partial charge in [0.2, 0.25) is 5.91 Å². The van der Waals surface area contributed by atoms with Crippen LogP contribution in [-0.2, 0) is 14.6 Å². The minimum absolute atomic E-state index is 0.140. The van der Waals surface area contributed by atoms with Crippen LogP contribution in [-0.4, -0.2) is 44.0 Å². The van der Waals surface area contributed by atoms with Crippen LogP contribution in [0.3, 0.4) is 0 Å². The van der Waals surface area contributed by atoms with Crippen LogP contribution in [0, 0.1) is 6.92 Å². The molecular weight excluding hydrogens is 372 g/mol. The molecule has 2 amide bonds. The summed E-state index contributed by atoms with van der Waals surface area (Å²) in [6, 6.07) is 7.65. The van der Waals surface area contributed by atoms with E-state index in [9.17, 15) is 18.0 Å². The van der Waals surface area contributed by atoms with Crippen molar-refractivity contribution >= 4 is 38.7 Å². The van der Waals surface area contributed by atoms with Crippen molar-refractivity contribution in [2.45, 2.75) is 30.7 Å². The summed E-state index contributed by atoms with van der Waals surface area (Å²) in [5, 5.41) is 4.63. The van der Waals surface area contributed by atoms with Crippen molar-refractivity contribution in [3.63, 3.8) is 0 Å². The van der Waals surface area contributed by atoms with Gasteiger partial charge in [0, 0.05) is 18.5 Å². The topological polar surface area (TPSA) is 83.6 Å². The number of rotatable bonds is 4. The molecule has 1 aromatic carbocycles. The quantitative estimate of drug-likeness (QED) is 0.867. The van der Waals surface area contributed by atoms with Gasteiger partial charge in [-0.05, 0) is 48.9 Å². The highest BCUT2D eigenvalue weighted by Crippen LogP contribution is 2.25. The third-order valence-corrected chi connectivity index (χ3v) is 6.41. The number of anilines is 1. The second kappa shape index (κ2) is 7.20. The van der Waals surface area contributed by atoms with Crippen LogP contribution in [0.5, 0.6) is 0 Å². The van der Waals surface area contributed by atoms with E-state index < -0.39 is 15.9 Å². The largest absolute Gasteiger partial charge is 0.326 e. The number of thiophene rings is 1. The fourth-order valence-electron chi connectivity index (χ4n) is 3.01. The van der Waals surface area contributed by atoms with Crippen LogP contribution >= 0.6 is 11.3 Å². The summed E-state index contributed by atoms with van der Waals surface area (Å²) in [4.78, 5) is 27.7. The highest BCUT2D eigenvalue weighted by Gasteiger charge is 2.35. The van der Waals surface area contributed by atoms with Gasteiger partial charge in [0.05, 0.1) is 9.77 Å². The average Bonchev–Trinajstić information content (AvgIpc) is 3.26. The van der Waals surface area contributed by atoms with Crippen LogP contribution in [0.2, 0.25) is 0 Å². The van der Waals surface area contributed by atoms with Gasteiger partial charge >= 0.3 is 0 Å². The third-order valence-electron chi connectivity index (χ3n) is 4.44. The molecule has 1 N–H and O–H groups in total. The summed E-state index contributed by atoms with van der Waals surface area (Å²) in [7, 11) is -3.37. The molecule has 0 aliphatic carbocycles. The second-order valence-electron chi connectivity index (χ2n) is 6.37. The van der Waals surface area contributed by atoms with E-state index >= 15 is 0 Å². The highest BCUT2D eigenvalue weighted by molar-refractivity contribution is 7.90. The van der Waals surface area contributed by atoms with Gasteiger partial charge in [-0.2, -0.15) is 0 Å². The van der Waals surface area contributed by atoms with E-state index in [2.05, 4.69) is 5.32 Å². The first-order valence-corrected chi connectivity index (χ1v) is 11.0. The summed E-state index contributed by atoms with van der Waals surface area (Å²) in [5.74, 6) is -0.430. The number of sulfone groups is 1. The van der Waals surface area contributed by atoms with E-state index in [0.717, 1.165) is 18.2 Å². The van der Waals surface area contributed by atoms with Crippen LogP contribution < -0.4 is 5.32 Å². The highest BCUT2D eigenvalue weighted by atomic mass is 32.2. The standard InChI is InChI=1S/C18H20N2O4S2/c1-12-7-8-13(26(2,23)24)11-14(12)19-17(21)15-5-3-9-20(15)18(22)16-6-4-10-25-16/h4,6-8,10-11,15H,3,5,9H2,1-2H3,(H,19,21). The molecule has 1 aromatic heterocycles. The number of amides is 2. The monoisotopic (exact) mass is 392 g/mol. The van der Waals surface area contributed by atoms with Crippen LogP contribution in [0.25, 0.3) is 0 Å². The van der Waals surface area contributed by atoms with Crippen molar-refractivity contribution in [2.24, 2.45) is 0 Å². The Bertz CT molecular complexity index is 936. The van der Waals surface area contributed by atoms with Gasteiger partial charge in [-0.25, -0.2) is 8.42 Å². The zero-order valence-electron chi connectivity index (χ0n) is 14.6. The van der Waals surface area contributed by atoms with E-state index in [1.54, 1.807) is 24.0 Å². The predicted octanol–water partition coefficient (Wildman–Crippen LogP) is 2.70. The van der Waals surface area contributed by atoms with Gasteiger partial charge < -0.3 is 10.2 Å². The fourth-order valence-corrected chi connectivity index (χ4v) is 4.33. The third kappa shape index (κ3) is 3.81. The number of carbonyl (C=O) groups is 2. The number of carbonyl (C=O) groups excluding carboxylic acids is 2. The minimum Gasteiger partial charge on any atom is -0.326 e. The lowest BCUT2D eigenvalue weighted by atomic mass is 10.1. The van der Waals surface area contributed by atoms with E-state index in [0.29, 0.717) is 23.5 Å². The molecular formula is C18H20N2O4S2.